The molecule has 2 rings (SSSR count). The zero-order valence-corrected chi connectivity index (χ0v) is 12.8. The van der Waals surface area contributed by atoms with Crippen molar-refractivity contribution in [2.45, 2.75) is 33.1 Å². The summed E-state index contributed by atoms with van der Waals surface area (Å²) in [7, 11) is 0. The Kier molecular flexibility index (Phi) is 3.98. The molecule has 0 saturated heterocycles. The monoisotopic (exact) mass is 284 g/mol. The third-order valence-corrected chi connectivity index (χ3v) is 3.20. The summed E-state index contributed by atoms with van der Waals surface area (Å²) >= 11 is 0. The number of hydrogen-bond acceptors (Lipinski definition) is 3. The van der Waals surface area contributed by atoms with E-state index in [0.717, 1.165) is 11.3 Å². The molecular formula is C17H20N2O2. The molecule has 2 aromatic rings. The largest absolute Gasteiger partial charge is 0.478 e. The predicted octanol–water partition coefficient (Wildman–Crippen LogP) is 4.13. The number of rotatable bonds is 3. The second-order valence-corrected chi connectivity index (χ2v) is 6.11. The number of carboxylic acids is 1. The number of nitrogens with one attached hydrogen (secondary N) is 1. The van der Waals surface area contributed by atoms with Crippen LogP contribution in [0.5, 0.6) is 0 Å². The number of para-hydroxylation sites is 1. The Balaban J connectivity index is 2.42. The molecule has 2 N–H and O–H groups in total. The van der Waals surface area contributed by atoms with Crippen LogP contribution in [0.3, 0.4) is 0 Å². The molecular weight excluding hydrogens is 264 g/mol. The van der Waals surface area contributed by atoms with Crippen LogP contribution < -0.4 is 5.32 Å². The molecule has 1 aromatic carbocycles. The number of hydrogen-bond donors (Lipinski definition) is 2. The fraction of sp³-hybridized carbons (Fsp3) is 0.294. The van der Waals surface area contributed by atoms with Crippen molar-refractivity contribution >= 4 is 17.5 Å². The van der Waals surface area contributed by atoms with Gasteiger partial charge in [0, 0.05) is 11.4 Å². The number of anilines is 2. The summed E-state index contributed by atoms with van der Waals surface area (Å²) in [5.41, 5.74) is 3.00. The van der Waals surface area contributed by atoms with Crippen LogP contribution >= 0.6 is 0 Å². The number of aryl methyl sites for hydroxylation is 1. The zero-order valence-electron chi connectivity index (χ0n) is 12.8. The van der Waals surface area contributed by atoms with Crippen molar-refractivity contribution < 1.29 is 9.90 Å². The standard InChI is InChI=1S/C17H20N2O2/c1-11-9-12(16(20)21)10-15(18-11)19-14-8-6-5-7-13(14)17(2,3)4/h5-10H,1-4H3,(H,18,19)(H,20,21). The van der Waals surface area contributed by atoms with Gasteiger partial charge in [0.05, 0.1) is 5.56 Å². The lowest BCUT2D eigenvalue weighted by molar-refractivity contribution is 0.0696. The van der Waals surface area contributed by atoms with Crippen molar-refractivity contribution in [3.8, 4) is 0 Å². The van der Waals surface area contributed by atoms with E-state index in [4.69, 9.17) is 5.11 Å². The van der Waals surface area contributed by atoms with E-state index in [9.17, 15) is 4.79 Å². The minimum Gasteiger partial charge on any atom is -0.478 e. The van der Waals surface area contributed by atoms with Crippen LogP contribution in [0, 0.1) is 6.92 Å². The minimum atomic E-state index is -0.951. The molecule has 4 nitrogen and oxygen atoms in total. The van der Waals surface area contributed by atoms with Gasteiger partial charge in [0.15, 0.2) is 0 Å². The van der Waals surface area contributed by atoms with Crippen LogP contribution in [0.15, 0.2) is 36.4 Å². The first kappa shape index (κ1) is 15.0. The molecule has 21 heavy (non-hydrogen) atoms. The van der Waals surface area contributed by atoms with E-state index in [1.165, 1.54) is 0 Å². The lowest BCUT2D eigenvalue weighted by Crippen LogP contribution is -2.14. The molecule has 0 radical (unpaired) electrons. The van der Waals surface area contributed by atoms with Gasteiger partial charge in [-0.05, 0) is 36.1 Å². The quantitative estimate of drug-likeness (QED) is 0.889. The number of aromatic nitrogens is 1. The van der Waals surface area contributed by atoms with E-state index in [-0.39, 0.29) is 11.0 Å². The molecule has 110 valence electrons. The Bertz CT molecular complexity index is 673. The van der Waals surface area contributed by atoms with Crippen LogP contribution in [0.2, 0.25) is 0 Å². The Morgan fingerprint density at radius 1 is 1.19 bits per heavy atom. The van der Waals surface area contributed by atoms with Gasteiger partial charge in [-0.25, -0.2) is 9.78 Å². The van der Waals surface area contributed by atoms with Gasteiger partial charge in [-0.1, -0.05) is 39.0 Å². The van der Waals surface area contributed by atoms with Gasteiger partial charge in [-0.2, -0.15) is 0 Å². The summed E-state index contributed by atoms with van der Waals surface area (Å²) < 4.78 is 0. The molecule has 0 atom stereocenters. The number of carbonyl (C=O) groups is 1. The molecule has 0 spiro atoms. The van der Waals surface area contributed by atoms with Crippen LogP contribution in [0.25, 0.3) is 0 Å². The maximum absolute atomic E-state index is 11.1. The molecule has 4 heteroatoms. The average molecular weight is 284 g/mol. The second-order valence-electron chi connectivity index (χ2n) is 6.11. The summed E-state index contributed by atoms with van der Waals surface area (Å²) in [4.78, 5) is 15.5. The number of benzene rings is 1. The van der Waals surface area contributed by atoms with Gasteiger partial charge in [-0.15, -0.1) is 0 Å². The van der Waals surface area contributed by atoms with Crippen molar-refractivity contribution in [1.82, 2.24) is 4.98 Å². The Morgan fingerprint density at radius 3 is 2.48 bits per heavy atom. The lowest BCUT2D eigenvalue weighted by Gasteiger charge is -2.23. The van der Waals surface area contributed by atoms with E-state index in [0.29, 0.717) is 11.5 Å². The molecule has 0 bridgehead atoms. The number of nitrogens with zero attached hydrogens (tertiary/aromatic N) is 1. The number of aromatic carboxylic acids is 1. The summed E-state index contributed by atoms with van der Waals surface area (Å²) in [5.74, 6) is -0.406. The third-order valence-electron chi connectivity index (χ3n) is 3.20. The molecule has 1 heterocycles. The predicted molar refractivity (Wildman–Crippen MR) is 84.4 cm³/mol. The first-order chi connectivity index (χ1) is 9.77. The van der Waals surface area contributed by atoms with E-state index >= 15 is 0 Å². The van der Waals surface area contributed by atoms with Gasteiger partial charge in [0.2, 0.25) is 0 Å². The van der Waals surface area contributed by atoms with Gasteiger partial charge in [-0.3, -0.25) is 0 Å². The van der Waals surface area contributed by atoms with Crippen molar-refractivity contribution in [3.05, 3.63) is 53.2 Å². The highest BCUT2D eigenvalue weighted by atomic mass is 16.4. The smallest absolute Gasteiger partial charge is 0.335 e. The molecule has 0 aliphatic rings. The van der Waals surface area contributed by atoms with Gasteiger partial charge in [0.1, 0.15) is 5.82 Å². The molecule has 0 saturated carbocycles. The van der Waals surface area contributed by atoms with Crippen LogP contribution in [0.1, 0.15) is 42.4 Å². The van der Waals surface area contributed by atoms with Gasteiger partial charge >= 0.3 is 5.97 Å². The van der Waals surface area contributed by atoms with E-state index in [1.807, 2.05) is 18.2 Å². The SMILES string of the molecule is Cc1cc(C(=O)O)cc(Nc2ccccc2C(C)(C)C)n1. The highest BCUT2D eigenvalue weighted by molar-refractivity contribution is 5.88. The Morgan fingerprint density at radius 2 is 1.86 bits per heavy atom. The molecule has 1 aromatic heterocycles. The van der Waals surface area contributed by atoms with Crippen molar-refractivity contribution in [3.63, 3.8) is 0 Å². The first-order valence-corrected chi connectivity index (χ1v) is 6.86. The molecule has 0 aliphatic carbocycles. The second kappa shape index (κ2) is 5.56. The first-order valence-electron chi connectivity index (χ1n) is 6.86. The van der Waals surface area contributed by atoms with E-state index < -0.39 is 5.97 Å². The highest BCUT2D eigenvalue weighted by Crippen LogP contribution is 2.31. The minimum absolute atomic E-state index is 0.0109. The van der Waals surface area contributed by atoms with E-state index in [2.05, 4.69) is 37.1 Å². The fourth-order valence-electron chi connectivity index (χ4n) is 2.24. The average Bonchev–Trinajstić information content (AvgIpc) is 2.37. The van der Waals surface area contributed by atoms with Crippen molar-refractivity contribution in [1.29, 1.82) is 0 Å². The highest BCUT2D eigenvalue weighted by Gasteiger charge is 2.18. The summed E-state index contributed by atoms with van der Waals surface area (Å²) in [6.07, 6.45) is 0. The molecule has 0 fully saturated rings. The molecule has 0 unspecified atom stereocenters. The third kappa shape index (κ3) is 3.60. The van der Waals surface area contributed by atoms with Gasteiger partial charge in [0.25, 0.3) is 0 Å². The molecule has 0 aliphatic heterocycles. The summed E-state index contributed by atoms with van der Waals surface area (Å²) in [5, 5.41) is 12.4. The Labute approximate surface area is 124 Å². The summed E-state index contributed by atoms with van der Waals surface area (Å²) in [6.45, 7) is 8.20. The topological polar surface area (TPSA) is 62.2 Å². The maximum Gasteiger partial charge on any atom is 0.335 e. The normalized spacial score (nSPS) is 11.2. The lowest BCUT2D eigenvalue weighted by atomic mass is 9.86. The van der Waals surface area contributed by atoms with E-state index in [1.54, 1.807) is 19.1 Å². The number of pyridine rings is 1. The van der Waals surface area contributed by atoms with Crippen LogP contribution in [-0.4, -0.2) is 16.1 Å². The Hall–Kier alpha value is -2.36. The van der Waals surface area contributed by atoms with Crippen molar-refractivity contribution in [2.75, 3.05) is 5.32 Å². The maximum atomic E-state index is 11.1. The van der Waals surface area contributed by atoms with Crippen LogP contribution in [0.4, 0.5) is 11.5 Å². The molecule has 0 amide bonds. The van der Waals surface area contributed by atoms with Gasteiger partial charge < -0.3 is 10.4 Å². The zero-order chi connectivity index (χ0) is 15.6. The van der Waals surface area contributed by atoms with Crippen molar-refractivity contribution in [2.24, 2.45) is 0 Å². The summed E-state index contributed by atoms with van der Waals surface area (Å²) in [6, 6.07) is 11.1. The fourth-order valence-corrected chi connectivity index (χ4v) is 2.24. The number of carboxylic acid groups (broad SMARTS) is 1. The van der Waals surface area contributed by atoms with Crippen LogP contribution in [-0.2, 0) is 5.41 Å².